The number of hydrogen-bond donors (Lipinski definition) is 1. The van der Waals surface area contributed by atoms with Gasteiger partial charge in [0.1, 0.15) is 10.7 Å². The highest BCUT2D eigenvalue weighted by Gasteiger charge is 2.26. The maximum atomic E-state index is 13.1. The van der Waals surface area contributed by atoms with Gasteiger partial charge < -0.3 is 15.0 Å². The number of aromatic nitrogens is 2. The first-order chi connectivity index (χ1) is 14.5. The lowest BCUT2D eigenvalue weighted by Crippen LogP contribution is -2.46. The number of nitrogens with zero attached hydrogens (tertiary/aromatic N) is 3. The molecule has 9 heteroatoms. The van der Waals surface area contributed by atoms with Gasteiger partial charge in [-0.1, -0.05) is 11.3 Å². The maximum Gasteiger partial charge on any atom is 0.409 e. The first-order valence-corrected chi connectivity index (χ1v) is 10.7. The second-order valence-corrected chi connectivity index (χ2v) is 8.21. The summed E-state index contributed by atoms with van der Waals surface area (Å²) in [5, 5.41) is 3.08. The minimum absolute atomic E-state index is 0.0202. The summed E-state index contributed by atoms with van der Waals surface area (Å²) in [4.78, 5) is 32.2. The molecule has 0 spiro atoms. The fourth-order valence-corrected chi connectivity index (χ4v) is 4.60. The van der Waals surface area contributed by atoms with Crippen molar-refractivity contribution in [2.45, 2.75) is 32.7 Å². The Morgan fingerprint density at radius 1 is 1.27 bits per heavy atom. The van der Waals surface area contributed by atoms with Crippen LogP contribution in [0.25, 0.3) is 16.2 Å². The van der Waals surface area contributed by atoms with Crippen LogP contribution in [0.4, 0.5) is 9.18 Å². The molecular weight excluding hydrogens is 407 g/mol. The Labute approximate surface area is 177 Å². The summed E-state index contributed by atoms with van der Waals surface area (Å²) < 4.78 is 20.1. The predicted octanol–water partition coefficient (Wildman–Crippen LogP) is 3.86. The minimum Gasteiger partial charge on any atom is -0.450 e. The molecule has 1 fully saturated rings. The van der Waals surface area contributed by atoms with Gasteiger partial charge in [0.2, 0.25) is 0 Å². The van der Waals surface area contributed by atoms with Crippen LogP contribution in [-0.2, 0) is 4.74 Å². The van der Waals surface area contributed by atoms with Crippen LogP contribution in [0.2, 0.25) is 0 Å². The number of hydrogen-bond acceptors (Lipinski definition) is 5. The third-order valence-electron chi connectivity index (χ3n) is 5.26. The maximum absolute atomic E-state index is 13.1. The molecule has 2 aromatic heterocycles. The number of ether oxygens (including phenoxy) is 1. The molecule has 1 aliphatic heterocycles. The molecule has 7 nitrogen and oxygen atoms in total. The molecule has 1 N–H and O–H groups in total. The Morgan fingerprint density at radius 2 is 1.97 bits per heavy atom. The SMILES string of the molecule is CCOC(=O)N1CCC(NC(=O)c2sc3nc(-c4ccc(F)cc4)cn3c2C)CC1. The zero-order valence-electron chi connectivity index (χ0n) is 16.9. The van der Waals surface area contributed by atoms with Gasteiger partial charge >= 0.3 is 6.09 Å². The summed E-state index contributed by atoms with van der Waals surface area (Å²) in [6, 6.07) is 6.20. The third kappa shape index (κ3) is 4.02. The van der Waals surface area contributed by atoms with Crippen LogP contribution >= 0.6 is 11.3 Å². The minimum atomic E-state index is -0.297. The molecule has 0 aliphatic carbocycles. The second-order valence-electron chi connectivity index (χ2n) is 7.24. The number of carbonyl (C=O) groups excluding carboxylic acids is 2. The normalized spacial score (nSPS) is 14.8. The number of piperidine rings is 1. The summed E-state index contributed by atoms with van der Waals surface area (Å²) in [6.45, 7) is 5.17. The molecule has 4 rings (SSSR count). The van der Waals surface area contributed by atoms with Crippen molar-refractivity contribution in [1.82, 2.24) is 19.6 Å². The van der Waals surface area contributed by atoms with E-state index in [4.69, 9.17) is 4.74 Å². The van der Waals surface area contributed by atoms with E-state index in [1.165, 1.54) is 23.5 Å². The number of fused-ring (bicyclic) bond motifs is 1. The van der Waals surface area contributed by atoms with Gasteiger partial charge in [0.05, 0.1) is 12.3 Å². The Morgan fingerprint density at radius 3 is 2.60 bits per heavy atom. The number of halogens is 1. The van der Waals surface area contributed by atoms with Crippen molar-refractivity contribution in [3.05, 3.63) is 46.9 Å². The van der Waals surface area contributed by atoms with E-state index >= 15 is 0 Å². The number of benzene rings is 1. The van der Waals surface area contributed by atoms with Gasteiger partial charge in [0, 0.05) is 36.6 Å². The zero-order chi connectivity index (χ0) is 21.3. The third-order valence-corrected chi connectivity index (χ3v) is 6.41. The Hall–Kier alpha value is -2.94. The van der Waals surface area contributed by atoms with E-state index in [0.717, 1.165) is 17.0 Å². The number of imidazole rings is 1. The van der Waals surface area contributed by atoms with Crippen LogP contribution in [0.5, 0.6) is 0 Å². The van der Waals surface area contributed by atoms with Crippen molar-refractivity contribution < 1.29 is 18.7 Å². The van der Waals surface area contributed by atoms with Gasteiger partial charge in [-0.3, -0.25) is 9.20 Å². The number of carbonyl (C=O) groups is 2. The first kappa shape index (κ1) is 20.3. The van der Waals surface area contributed by atoms with Gasteiger partial charge in [-0.2, -0.15) is 0 Å². The van der Waals surface area contributed by atoms with E-state index in [1.807, 2.05) is 17.5 Å². The number of aryl methyl sites for hydroxylation is 1. The average Bonchev–Trinajstić information content (AvgIpc) is 3.29. The summed E-state index contributed by atoms with van der Waals surface area (Å²) >= 11 is 1.33. The molecule has 1 aliphatic rings. The molecule has 158 valence electrons. The molecule has 0 saturated carbocycles. The molecule has 0 atom stereocenters. The molecule has 1 saturated heterocycles. The quantitative estimate of drug-likeness (QED) is 0.682. The lowest BCUT2D eigenvalue weighted by molar-refractivity contribution is 0.0862. The van der Waals surface area contributed by atoms with Crippen LogP contribution in [-0.4, -0.2) is 52.0 Å². The molecule has 0 unspecified atom stereocenters. The summed E-state index contributed by atoms with van der Waals surface area (Å²) in [5.41, 5.74) is 2.38. The van der Waals surface area contributed by atoms with Gasteiger partial charge in [0.25, 0.3) is 5.91 Å². The molecule has 3 heterocycles. The van der Waals surface area contributed by atoms with E-state index < -0.39 is 0 Å². The second kappa shape index (κ2) is 8.43. The van der Waals surface area contributed by atoms with Crippen LogP contribution in [0.15, 0.2) is 30.5 Å². The predicted molar refractivity (Wildman–Crippen MR) is 112 cm³/mol. The number of likely N-dealkylation sites (tertiary alicyclic amines) is 1. The molecule has 2 amide bonds. The highest BCUT2D eigenvalue weighted by molar-refractivity contribution is 7.19. The van der Waals surface area contributed by atoms with Crippen LogP contribution in [0, 0.1) is 12.7 Å². The van der Waals surface area contributed by atoms with Gasteiger partial charge in [0.15, 0.2) is 4.96 Å². The number of rotatable bonds is 4. The smallest absolute Gasteiger partial charge is 0.409 e. The van der Waals surface area contributed by atoms with Crippen molar-refractivity contribution in [3.63, 3.8) is 0 Å². The lowest BCUT2D eigenvalue weighted by atomic mass is 10.1. The van der Waals surface area contributed by atoms with Crippen molar-refractivity contribution in [2.75, 3.05) is 19.7 Å². The molecule has 3 aromatic rings. The molecular formula is C21H23FN4O3S. The monoisotopic (exact) mass is 430 g/mol. The molecule has 30 heavy (non-hydrogen) atoms. The van der Waals surface area contributed by atoms with Crippen LogP contribution in [0.3, 0.4) is 0 Å². The molecule has 0 radical (unpaired) electrons. The van der Waals surface area contributed by atoms with Crippen molar-refractivity contribution in [2.24, 2.45) is 0 Å². The largest absolute Gasteiger partial charge is 0.450 e. The highest BCUT2D eigenvalue weighted by atomic mass is 32.1. The number of amides is 2. The first-order valence-electron chi connectivity index (χ1n) is 9.93. The van der Waals surface area contributed by atoms with Gasteiger partial charge in [-0.25, -0.2) is 14.2 Å². The van der Waals surface area contributed by atoms with E-state index in [9.17, 15) is 14.0 Å². The van der Waals surface area contributed by atoms with E-state index in [0.29, 0.717) is 42.4 Å². The van der Waals surface area contributed by atoms with E-state index in [-0.39, 0.29) is 23.9 Å². The Kier molecular flexibility index (Phi) is 5.72. The number of nitrogens with one attached hydrogen (secondary N) is 1. The van der Waals surface area contributed by atoms with E-state index in [1.54, 1.807) is 24.0 Å². The Balaban J connectivity index is 1.43. The van der Waals surface area contributed by atoms with Crippen LogP contribution in [0.1, 0.15) is 35.1 Å². The fourth-order valence-electron chi connectivity index (χ4n) is 3.59. The summed E-state index contributed by atoms with van der Waals surface area (Å²) in [6.07, 6.45) is 2.96. The van der Waals surface area contributed by atoms with Gasteiger partial charge in [-0.15, -0.1) is 0 Å². The van der Waals surface area contributed by atoms with Crippen molar-refractivity contribution in [3.8, 4) is 11.3 Å². The van der Waals surface area contributed by atoms with Gasteiger partial charge in [-0.05, 0) is 51.0 Å². The van der Waals surface area contributed by atoms with Crippen molar-refractivity contribution in [1.29, 1.82) is 0 Å². The number of thiazole rings is 1. The van der Waals surface area contributed by atoms with Crippen molar-refractivity contribution >= 4 is 28.3 Å². The lowest BCUT2D eigenvalue weighted by Gasteiger charge is -2.31. The Bertz CT molecular complexity index is 1070. The molecule has 0 bridgehead atoms. The molecule has 1 aromatic carbocycles. The fraction of sp³-hybridized carbons (Fsp3) is 0.381. The topological polar surface area (TPSA) is 75.9 Å². The summed E-state index contributed by atoms with van der Waals surface area (Å²) in [7, 11) is 0. The standard InChI is InChI=1S/C21H23FN4O3S/c1-3-29-21(28)25-10-8-16(9-11-25)23-19(27)18-13(2)26-12-17(24-20(26)30-18)14-4-6-15(22)7-5-14/h4-7,12,16H,3,8-11H2,1-2H3,(H,23,27). The average molecular weight is 431 g/mol. The van der Waals surface area contributed by atoms with E-state index in [2.05, 4.69) is 10.3 Å². The zero-order valence-corrected chi connectivity index (χ0v) is 17.7. The van der Waals surface area contributed by atoms with Crippen LogP contribution < -0.4 is 5.32 Å². The summed E-state index contributed by atoms with van der Waals surface area (Å²) in [5.74, 6) is -0.413. The highest BCUT2D eigenvalue weighted by Crippen LogP contribution is 2.27.